The van der Waals surface area contributed by atoms with Crippen LogP contribution in [0.2, 0.25) is 0 Å². The van der Waals surface area contributed by atoms with Crippen LogP contribution in [-0.4, -0.2) is 24.6 Å². The summed E-state index contributed by atoms with van der Waals surface area (Å²) in [5.74, 6) is 0.656. The Balaban J connectivity index is 2.15. The van der Waals surface area contributed by atoms with E-state index in [1.54, 1.807) is 6.20 Å². The first kappa shape index (κ1) is 12.9. The van der Waals surface area contributed by atoms with Crippen LogP contribution in [0.25, 0.3) is 10.9 Å². The number of para-hydroxylation sites is 1. The lowest BCUT2D eigenvalue weighted by molar-refractivity contribution is 0.571. The molecule has 1 aromatic heterocycles. The number of aromatic nitrogens is 1. The highest BCUT2D eigenvalue weighted by atomic mass is 15.2. The third-order valence-electron chi connectivity index (χ3n) is 4.13. The Morgan fingerprint density at radius 2 is 2.20 bits per heavy atom. The number of hydrogen-bond donors (Lipinski definition) is 1. The van der Waals surface area contributed by atoms with Crippen LogP contribution < -0.4 is 10.6 Å². The van der Waals surface area contributed by atoms with Crippen molar-refractivity contribution in [3.05, 3.63) is 36.0 Å². The highest BCUT2D eigenvalue weighted by Gasteiger charge is 2.34. The van der Waals surface area contributed by atoms with E-state index >= 15 is 0 Å². The zero-order valence-corrected chi connectivity index (χ0v) is 11.6. The summed E-state index contributed by atoms with van der Waals surface area (Å²) in [5, 5.41) is 10.4. The molecule has 1 fully saturated rings. The molecule has 2 N–H and O–H groups in total. The number of pyridine rings is 1. The number of likely N-dealkylation sites (N-methyl/N-ethyl adjacent to an activating group) is 1. The fourth-order valence-corrected chi connectivity index (χ4v) is 2.90. The number of nitrogens with zero attached hydrogens (tertiary/aromatic N) is 3. The van der Waals surface area contributed by atoms with E-state index in [0.717, 1.165) is 16.6 Å². The van der Waals surface area contributed by atoms with Gasteiger partial charge in [-0.25, -0.2) is 0 Å². The van der Waals surface area contributed by atoms with Crippen molar-refractivity contribution in [1.82, 2.24) is 4.98 Å². The van der Waals surface area contributed by atoms with Crippen LogP contribution in [0.15, 0.2) is 30.5 Å². The van der Waals surface area contributed by atoms with Gasteiger partial charge in [-0.2, -0.15) is 5.26 Å². The minimum Gasteiger partial charge on any atom is -0.368 e. The molecule has 1 aliphatic carbocycles. The van der Waals surface area contributed by atoms with Crippen LogP contribution in [0.1, 0.15) is 18.4 Å². The molecule has 3 rings (SSSR count). The lowest BCUT2D eigenvalue weighted by atomic mass is 10.1. The van der Waals surface area contributed by atoms with Crippen LogP contribution in [-0.2, 0) is 0 Å². The van der Waals surface area contributed by atoms with Gasteiger partial charge in [0.15, 0.2) is 0 Å². The molecule has 0 aliphatic heterocycles. The molecule has 1 atom stereocenters. The van der Waals surface area contributed by atoms with Gasteiger partial charge in [-0.3, -0.25) is 4.98 Å². The number of nitriles is 1. The molecular formula is C16H18N4. The van der Waals surface area contributed by atoms with Crippen molar-refractivity contribution >= 4 is 16.6 Å². The van der Waals surface area contributed by atoms with Gasteiger partial charge in [0.2, 0.25) is 0 Å². The van der Waals surface area contributed by atoms with E-state index < -0.39 is 0 Å². The normalized spacial score (nSPS) is 15.8. The Hall–Kier alpha value is -2.12. The van der Waals surface area contributed by atoms with Crippen LogP contribution in [0.3, 0.4) is 0 Å². The molecule has 0 saturated heterocycles. The lowest BCUT2D eigenvalue weighted by Crippen LogP contribution is -2.40. The molecule has 1 aliphatic rings. The zero-order valence-electron chi connectivity index (χ0n) is 11.6. The van der Waals surface area contributed by atoms with Crippen LogP contribution >= 0.6 is 0 Å². The summed E-state index contributed by atoms with van der Waals surface area (Å²) in [6.45, 7) is 0.614. The Morgan fingerprint density at radius 1 is 1.45 bits per heavy atom. The lowest BCUT2D eigenvalue weighted by Gasteiger charge is -2.30. The highest BCUT2D eigenvalue weighted by Crippen LogP contribution is 2.38. The van der Waals surface area contributed by atoms with Crippen molar-refractivity contribution in [2.75, 3.05) is 18.5 Å². The number of nitrogens with two attached hydrogens (primary N) is 1. The Kier molecular flexibility index (Phi) is 3.29. The van der Waals surface area contributed by atoms with Crippen molar-refractivity contribution < 1.29 is 0 Å². The summed E-state index contributed by atoms with van der Waals surface area (Å²) in [6, 6.07) is 10.5. The Morgan fingerprint density at radius 3 is 2.85 bits per heavy atom. The van der Waals surface area contributed by atoms with E-state index in [1.807, 2.05) is 31.3 Å². The summed E-state index contributed by atoms with van der Waals surface area (Å²) in [7, 11) is 2.04. The minimum absolute atomic E-state index is 0.299. The van der Waals surface area contributed by atoms with Gasteiger partial charge in [-0.05, 0) is 24.8 Å². The first-order valence-electron chi connectivity index (χ1n) is 6.97. The third kappa shape index (κ3) is 2.10. The van der Waals surface area contributed by atoms with Gasteiger partial charge in [-0.15, -0.1) is 0 Å². The topological polar surface area (TPSA) is 65.9 Å². The van der Waals surface area contributed by atoms with Gasteiger partial charge in [-0.1, -0.05) is 18.2 Å². The fraction of sp³-hybridized carbons (Fsp3) is 0.375. The van der Waals surface area contributed by atoms with Crippen molar-refractivity contribution in [2.24, 2.45) is 11.7 Å². The summed E-state index contributed by atoms with van der Waals surface area (Å²) >= 11 is 0. The van der Waals surface area contributed by atoms with Gasteiger partial charge in [0.05, 0.1) is 16.8 Å². The quantitative estimate of drug-likeness (QED) is 0.922. The molecule has 4 heteroatoms. The summed E-state index contributed by atoms with van der Waals surface area (Å²) in [6.07, 6.45) is 4.13. The Labute approximate surface area is 118 Å². The van der Waals surface area contributed by atoms with Crippen molar-refractivity contribution in [1.29, 1.82) is 5.26 Å². The molecule has 0 spiro atoms. The average Bonchev–Trinajstić information content (AvgIpc) is 3.31. The van der Waals surface area contributed by atoms with Crippen molar-refractivity contribution in [3.8, 4) is 6.07 Å². The molecule has 2 aromatic rings. The zero-order chi connectivity index (χ0) is 14.1. The molecule has 1 saturated carbocycles. The van der Waals surface area contributed by atoms with E-state index in [2.05, 4.69) is 16.0 Å². The van der Waals surface area contributed by atoms with Gasteiger partial charge in [0.1, 0.15) is 6.07 Å². The van der Waals surface area contributed by atoms with Gasteiger partial charge >= 0.3 is 0 Å². The van der Waals surface area contributed by atoms with Gasteiger partial charge < -0.3 is 10.6 Å². The third-order valence-corrected chi connectivity index (χ3v) is 4.13. The second kappa shape index (κ2) is 5.10. The maximum atomic E-state index is 9.39. The number of anilines is 1. The number of hydrogen-bond acceptors (Lipinski definition) is 4. The molecule has 0 amide bonds. The van der Waals surface area contributed by atoms with Crippen LogP contribution in [0.4, 0.5) is 5.69 Å². The molecule has 1 unspecified atom stereocenters. The second-order valence-electron chi connectivity index (χ2n) is 5.40. The fourth-order valence-electron chi connectivity index (χ4n) is 2.90. The highest BCUT2D eigenvalue weighted by molar-refractivity contribution is 5.94. The van der Waals surface area contributed by atoms with Gasteiger partial charge in [0, 0.05) is 31.2 Å². The van der Waals surface area contributed by atoms with E-state index in [0.29, 0.717) is 24.1 Å². The predicted octanol–water partition coefficient (Wildman–Crippen LogP) is 2.28. The van der Waals surface area contributed by atoms with E-state index in [9.17, 15) is 5.26 Å². The van der Waals surface area contributed by atoms with Crippen LogP contribution in [0.5, 0.6) is 0 Å². The largest absolute Gasteiger partial charge is 0.368 e. The summed E-state index contributed by atoms with van der Waals surface area (Å²) in [4.78, 5) is 6.54. The number of fused-ring (bicyclic) bond motifs is 1. The molecule has 1 aromatic carbocycles. The van der Waals surface area contributed by atoms with E-state index in [-0.39, 0.29) is 0 Å². The molecule has 0 bridgehead atoms. The molecule has 0 radical (unpaired) electrons. The van der Waals surface area contributed by atoms with E-state index in [4.69, 9.17) is 5.73 Å². The smallest absolute Gasteiger partial charge is 0.103 e. The first-order valence-corrected chi connectivity index (χ1v) is 6.97. The van der Waals surface area contributed by atoms with Crippen LogP contribution in [0, 0.1) is 17.2 Å². The monoisotopic (exact) mass is 266 g/mol. The molecule has 20 heavy (non-hydrogen) atoms. The maximum absolute atomic E-state index is 9.39. The molecular weight excluding hydrogens is 248 g/mol. The average molecular weight is 266 g/mol. The maximum Gasteiger partial charge on any atom is 0.103 e. The van der Waals surface area contributed by atoms with Gasteiger partial charge in [0.25, 0.3) is 0 Å². The second-order valence-corrected chi connectivity index (χ2v) is 5.40. The number of rotatable bonds is 4. The number of benzene rings is 1. The summed E-state index contributed by atoms with van der Waals surface area (Å²) < 4.78 is 0. The standard InChI is InChI=1S/C16H18N4/c1-20(15(9-18)11-6-7-11)16-12(8-17)10-19-14-5-3-2-4-13(14)16/h2-5,10-11,15H,6-7,9,18H2,1H3. The summed E-state index contributed by atoms with van der Waals surface area (Å²) in [5.41, 5.74) is 8.44. The van der Waals surface area contributed by atoms with Crippen molar-refractivity contribution in [3.63, 3.8) is 0 Å². The SMILES string of the molecule is CN(c1c(C#N)cnc2ccccc12)C(CN)C1CC1. The minimum atomic E-state index is 0.299. The molecule has 1 heterocycles. The Bertz CT molecular complexity index is 670. The predicted molar refractivity (Wildman–Crippen MR) is 80.4 cm³/mol. The molecule has 4 nitrogen and oxygen atoms in total. The first-order chi connectivity index (χ1) is 9.76. The molecule has 102 valence electrons. The van der Waals surface area contributed by atoms with Crippen molar-refractivity contribution in [2.45, 2.75) is 18.9 Å². The van der Waals surface area contributed by atoms with E-state index in [1.165, 1.54) is 12.8 Å².